The van der Waals surface area contributed by atoms with Gasteiger partial charge in [0.15, 0.2) is 11.6 Å². The number of hydrogen-bond donors (Lipinski definition) is 0. The minimum atomic E-state index is -0.865. The number of morpholine rings is 1. The van der Waals surface area contributed by atoms with Gasteiger partial charge < -0.3 is 9.64 Å². The van der Waals surface area contributed by atoms with Gasteiger partial charge in [-0.3, -0.25) is 4.79 Å². The average molecular weight is 361 g/mol. The zero-order valence-electron chi connectivity index (χ0n) is 14.9. The quantitative estimate of drug-likeness (QED) is 0.794. The van der Waals surface area contributed by atoms with Gasteiger partial charge in [-0.05, 0) is 74.0 Å². The Morgan fingerprint density at radius 1 is 1.04 bits per heavy atom. The van der Waals surface area contributed by atoms with Crippen LogP contribution in [-0.2, 0) is 9.53 Å². The molecule has 0 aromatic heterocycles. The molecule has 26 heavy (non-hydrogen) atoms. The van der Waals surface area contributed by atoms with E-state index in [1.165, 1.54) is 25.3 Å². The van der Waals surface area contributed by atoms with Crippen LogP contribution in [0.2, 0.25) is 0 Å². The van der Waals surface area contributed by atoms with Gasteiger partial charge in [-0.15, -0.1) is 0 Å². The van der Waals surface area contributed by atoms with Crippen LogP contribution in [0.5, 0.6) is 0 Å². The Morgan fingerprint density at radius 3 is 2.31 bits per heavy atom. The van der Waals surface area contributed by atoms with Crippen LogP contribution in [0.15, 0.2) is 18.2 Å². The van der Waals surface area contributed by atoms with Crippen LogP contribution < -0.4 is 0 Å². The fourth-order valence-electron chi connectivity index (χ4n) is 6.46. The van der Waals surface area contributed by atoms with Crippen LogP contribution >= 0.6 is 0 Å². The van der Waals surface area contributed by atoms with Gasteiger partial charge in [-0.25, -0.2) is 8.78 Å². The highest BCUT2D eigenvalue weighted by Crippen LogP contribution is 2.60. The molecule has 1 unspecified atom stereocenters. The normalized spacial score (nSPS) is 38.6. The predicted octanol–water partition coefficient (Wildman–Crippen LogP) is 4.08. The van der Waals surface area contributed by atoms with E-state index in [1.54, 1.807) is 6.07 Å². The first kappa shape index (κ1) is 16.7. The molecule has 1 aliphatic heterocycles. The van der Waals surface area contributed by atoms with Crippen LogP contribution in [0, 0.1) is 34.8 Å². The third kappa shape index (κ3) is 2.67. The van der Waals surface area contributed by atoms with Crippen molar-refractivity contribution in [2.45, 2.75) is 44.6 Å². The van der Waals surface area contributed by atoms with E-state index in [0.717, 1.165) is 43.1 Å². The molecule has 4 saturated carbocycles. The summed E-state index contributed by atoms with van der Waals surface area (Å²) in [5.74, 6) is 0.754. The summed E-state index contributed by atoms with van der Waals surface area (Å²) >= 11 is 0. The lowest BCUT2D eigenvalue weighted by molar-refractivity contribution is -0.164. The molecule has 0 radical (unpaired) electrons. The van der Waals surface area contributed by atoms with Crippen molar-refractivity contribution < 1.29 is 18.3 Å². The van der Waals surface area contributed by atoms with Gasteiger partial charge in [0.05, 0.1) is 18.6 Å². The average Bonchev–Trinajstić information content (AvgIpc) is 2.62. The van der Waals surface area contributed by atoms with E-state index in [1.807, 2.05) is 4.90 Å². The minimum Gasteiger partial charge on any atom is -0.370 e. The standard InChI is InChI=1S/C21H25F2NO2/c22-17-2-1-16(8-18(17)23)19-12-24(3-4-26-19)20(25)21-9-13-5-14(10-21)7-15(6-13)11-21/h1-2,8,13-15,19H,3-7,9-12H2. The van der Waals surface area contributed by atoms with Crippen LogP contribution in [-0.4, -0.2) is 30.5 Å². The highest BCUT2D eigenvalue weighted by atomic mass is 19.2. The molecule has 5 heteroatoms. The van der Waals surface area contributed by atoms with Crippen molar-refractivity contribution in [1.29, 1.82) is 0 Å². The minimum absolute atomic E-state index is 0.162. The van der Waals surface area contributed by atoms with Crippen molar-refractivity contribution in [2.75, 3.05) is 19.7 Å². The van der Waals surface area contributed by atoms with Crippen molar-refractivity contribution in [3.63, 3.8) is 0 Å². The van der Waals surface area contributed by atoms with Crippen molar-refractivity contribution in [3.05, 3.63) is 35.4 Å². The number of halogens is 2. The molecule has 1 aromatic carbocycles. The largest absolute Gasteiger partial charge is 0.370 e. The SMILES string of the molecule is O=C(N1CCOC(c2ccc(F)c(F)c2)C1)C12CC3CC(CC(C3)C1)C2. The van der Waals surface area contributed by atoms with Crippen LogP contribution in [0.3, 0.4) is 0 Å². The third-order valence-electron chi connectivity index (χ3n) is 7.16. The maximum atomic E-state index is 13.6. The van der Waals surface area contributed by atoms with E-state index in [9.17, 15) is 13.6 Å². The summed E-state index contributed by atoms with van der Waals surface area (Å²) in [6, 6.07) is 3.88. The van der Waals surface area contributed by atoms with E-state index >= 15 is 0 Å². The Bertz CT molecular complexity index is 699. The molecule has 1 heterocycles. The van der Waals surface area contributed by atoms with Gasteiger partial charge in [0.1, 0.15) is 6.10 Å². The number of amides is 1. The second kappa shape index (κ2) is 6.01. The fourth-order valence-corrected chi connectivity index (χ4v) is 6.46. The molecular weight excluding hydrogens is 336 g/mol. The van der Waals surface area contributed by atoms with Gasteiger partial charge in [0.25, 0.3) is 0 Å². The maximum Gasteiger partial charge on any atom is 0.228 e. The number of ether oxygens (including phenoxy) is 1. The fraction of sp³-hybridized carbons (Fsp3) is 0.667. The molecule has 4 bridgehead atoms. The number of carbonyl (C=O) groups is 1. The van der Waals surface area contributed by atoms with E-state index < -0.39 is 11.6 Å². The van der Waals surface area contributed by atoms with Crippen LogP contribution in [0.1, 0.15) is 50.2 Å². The first-order chi connectivity index (χ1) is 12.5. The molecule has 0 spiro atoms. The first-order valence-electron chi connectivity index (χ1n) is 9.88. The number of rotatable bonds is 2. The first-order valence-corrected chi connectivity index (χ1v) is 9.88. The summed E-state index contributed by atoms with van der Waals surface area (Å²) in [5, 5.41) is 0. The lowest BCUT2D eigenvalue weighted by Gasteiger charge is -2.57. The lowest BCUT2D eigenvalue weighted by atomic mass is 9.49. The summed E-state index contributed by atoms with van der Waals surface area (Å²) < 4.78 is 32.6. The Morgan fingerprint density at radius 2 is 1.69 bits per heavy atom. The summed E-state index contributed by atoms with van der Waals surface area (Å²) in [7, 11) is 0. The van der Waals surface area contributed by atoms with Gasteiger partial charge in [0, 0.05) is 6.54 Å². The van der Waals surface area contributed by atoms with Crippen molar-refractivity contribution in [2.24, 2.45) is 23.2 Å². The summed E-state index contributed by atoms with van der Waals surface area (Å²) in [6.45, 7) is 1.48. The monoisotopic (exact) mass is 361 g/mol. The lowest BCUT2D eigenvalue weighted by Crippen LogP contribution is -2.56. The highest BCUT2D eigenvalue weighted by molar-refractivity contribution is 5.83. The van der Waals surface area contributed by atoms with Gasteiger partial charge in [-0.2, -0.15) is 0 Å². The molecule has 1 atom stereocenters. The maximum absolute atomic E-state index is 13.6. The third-order valence-corrected chi connectivity index (χ3v) is 7.16. The van der Waals surface area contributed by atoms with Gasteiger partial charge in [-0.1, -0.05) is 6.07 Å². The topological polar surface area (TPSA) is 29.5 Å². The van der Waals surface area contributed by atoms with Gasteiger partial charge >= 0.3 is 0 Å². The molecule has 3 nitrogen and oxygen atoms in total. The molecule has 0 N–H and O–H groups in total. The van der Waals surface area contributed by atoms with E-state index in [-0.39, 0.29) is 17.4 Å². The molecule has 1 saturated heterocycles. The van der Waals surface area contributed by atoms with Crippen LogP contribution in [0.25, 0.3) is 0 Å². The second-order valence-corrected chi connectivity index (χ2v) is 8.98. The number of nitrogens with zero attached hydrogens (tertiary/aromatic N) is 1. The van der Waals surface area contributed by atoms with Gasteiger partial charge in [0.2, 0.25) is 5.91 Å². The number of hydrogen-bond acceptors (Lipinski definition) is 2. The molecule has 5 fully saturated rings. The number of carbonyl (C=O) groups excluding carboxylic acids is 1. The number of benzene rings is 1. The summed E-state index contributed by atoms with van der Waals surface area (Å²) in [5.41, 5.74) is 0.442. The highest BCUT2D eigenvalue weighted by Gasteiger charge is 2.55. The second-order valence-electron chi connectivity index (χ2n) is 8.98. The molecule has 1 amide bonds. The zero-order valence-corrected chi connectivity index (χ0v) is 14.9. The molecule has 140 valence electrons. The molecular formula is C21H25F2NO2. The molecule has 6 rings (SSSR count). The Balaban J connectivity index is 1.35. The smallest absolute Gasteiger partial charge is 0.228 e. The van der Waals surface area contributed by atoms with Crippen molar-refractivity contribution >= 4 is 5.91 Å². The van der Waals surface area contributed by atoms with Crippen molar-refractivity contribution in [3.8, 4) is 0 Å². The van der Waals surface area contributed by atoms with E-state index in [0.29, 0.717) is 25.3 Å². The Labute approximate surface area is 152 Å². The Hall–Kier alpha value is -1.49. The van der Waals surface area contributed by atoms with E-state index in [2.05, 4.69) is 0 Å². The Kier molecular flexibility index (Phi) is 3.85. The molecule has 5 aliphatic rings. The molecule has 1 aromatic rings. The van der Waals surface area contributed by atoms with Crippen LogP contribution in [0.4, 0.5) is 8.78 Å². The summed E-state index contributed by atoms with van der Waals surface area (Å²) in [4.78, 5) is 15.4. The van der Waals surface area contributed by atoms with E-state index in [4.69, 9.17) is 4.74 Å². The predicted molar refractivity (Wildman–Crippen MR) is 92.2 cm³/mol. The summed E-state index contributed by atoms with van der Waals surface area (Å²) in [6.07, 6.45) is 6.70. The van der Waals surface area contributed by atoms with Crippen molar-refractivity contribution in [1.82, 2.24) is 4.90 Å². The zero-order chi connectivity index (χ0) is 17.9. The molecule has 4 aliphatic carbocycles.